The van der Waals surface area contributed by atoms with Gasteiger partial charge >= 0.3 is 0 Å². The Morgan fingerprint density at radius 2 is 1.61 bits per heavy atom. The summed E-state index contributed by atoms with van der Waals surface area (Å²) in [6, 6.07) is 18.3. The lowest BCUT2D eigenvalue weighted by molar-refractivity contribution is -0.114. The van der Waals surface area contributed by atoms with Crippen molar-refractivity contribution in [3.05, 3.63) is 84.7 Å². The molecule has 0 radical (unpaired) electrons. The van der Waals surface area contributed by atoms with E-state index in [2.05, 4.69) is 20.0 Å². The predicted octanol–water partition coefficient (Wildman–Crippen LogP) is 3.03. The molecule has 4 aromatic rings. The Labute approximate surface area is 189 Å². The number of nitrogens with zero attached hydrogens (tertiary/aromatic N) is 3. The first kappa shape index (κ1) is 20.6. The Hall–Kier alpha value is -4.31. The Balaban J connectivity index is 1.29. The van der Waals surface area contributed by atoms with Crippen LogP contribution in [0.2, 0.25) is 0 Å². The number of aromatic nitrogens is 2. The Morgan fingerprint density at radius 1 is 0.909 bits per heavy atom. The number of rotatable bonds is 6. The van der Waals surface area contributed by atoms with Crippen LogP contribution in [0.3, 0.4) is 0 Å². The minimum Gasteiger partial charge on any atom is -0.325 e. The van der Waals surface area contributed by atoms with Crippen molar-refractivity contribution in [2.45, 2.75) is 4.90 Å². The van der Waals surface area contributed by atoms with Crippen LogP contribution in [0.5, 0.6) is 0 Å². The summed E-state index contributed by atoms with van der Waals surface area (Å²) in [6.45, 7) is -0.167. The molecule has 0 bridgehead atoms. The lowest BCUT2D eigenvalue weighted by atomic mass is 10.1. The van der Waals surface area contributed by atoms with E-state index in [4.69, 9.17) is 0 Å². The van der Waals surface area contributed by atoms with Crippen molar-refractivity contribution in [1.29, 1.82) is 0 Å². The molecule has 0 spiro atoms. The van der Waals surface area contributed by atoms with E-state index in [-0.39, 0.29) is 23.3 Å². The van der Waals surface area contributed by atoms with E-state index in [9.17, 15) is 18.0 Å². The van der Waals surface area contributed by atoms with Crippen LogP contribution in [-0.2, 0) is 14.8 Å². The van der Waals surface area contributed by atoms with Gasteiger partial charge in [0, 0.05) is 29.0 Å². The molecule has 0 saturated carbocycles. The summed E-state index contributed by atoms with van der Waals surface area (Å²) in [7, 11) is -3.88. The first-order valence-electron chi connectivity index (χ1n) is 9.96. The van der Waals surface area contributed by atoms with Gasteiger partial charge in [0.2, 0.25) is 11.9 Å². The summed E-state index contributed by atoms with van der Waals surface area (Å²) in [5.74, 6) is -0.673. The Bertz CT molecular complexity index is 1480. The smallest absolute Gasteiger partial charge is 0.264 e. The fourth-order valence-corrected chi connectivity index (χ4v) is 4.69. The number of carbonyl (C=O) groups is 2. The molecule has 0 atom stereocenters. The van der Waals surface area contributed by atoms with Gasteiger partial charge in [-0.15, -0.1) is 0 Å². The predicted molar refractivity (Wildman–Crippen MR) is 124 cm³/mol. The number of hydrogen-bond acceptors (Lipinski definition) is 6. The van der Waals surface area contributed by atoms with Gasteiger partial charge in [0.25, 0.3) is 15.9 Å². The number of benzene rings is 3. The number of carbonyl (C=O) groups excluding carboxylic acids is 2. The number of anilines is 3. The maximum absolute atomic E-state index is 12.8. The van der Waals surface area contributed by atoms with Crippen molar-refractivity contribution in [3.8, 4) is 0 Å². The van der Waals surface area contributed by atoms with Crippen LogP contribution in [0.4, 0.5) is 17.3 Å². The third-order valence-corrected chi connectivity index (χ3v) is 6.53. The van der Waals surface area contributed by atoms with Crippen molar-refractivity contribution in [2.24, 2.45) is 0 Å². The van der Waals surface area contributed by atoms with Gasteiger partial charge in [-0.3, -0.25) is 14.5 Å². The van der Waals surface area contributed by atoms with Gasteiger partial charge in [0.15, 0.2) is 0 Å². The zero-order valence-electron chi connectivity index (χ0n) is 17.1. The second-order valence-corrected chi connectivity index (χ2v) is 9.00. The SMILES string of the molecule is O=C(CN1C(=O)c2cccc3cccc1c23)Nc1ccc(S(=O)(=O)Nc2ncccn2)cc1. The molecule has 3 aromatic carbocycles. The summed E-state index contributed by atoms with van der Waals surface area (Å²) in [5.41, 5.74) is 1.66. The Kier molecular flexibility index (Phi) is 4.98. The Morgan fingerprint density at radius 3 is 2.33 bits per heavy atom. The second-order valence-electron chi connectivity index (χ2n) is 7.32. The largest absolute Gasteiger partial charge is 0.325 e. The monoisotopic (exact) mass is 459 g/mol. The van der Waals surface area contributed by atoms with E-state index < -0.39 is 15.9 Å². The molecule has 164 valence electrons. The van der Waals surface area contributed by atoms with Crippen LogP contribution in [-0.4, -0.2) is 36.7 Å². The lowest BCUT2D eigenvalue weighted by Crippen LogP contribution is -2.35. The maximum atomic E-state index is 12.8. The fourth-order valence-electron chi connectivity index (χ4n) is 3.73. The molecule has 5 rings (SSSR count). The van der Waals surface area contributed by atoms with E-state index in [1.807, 2.05) is 30.3 Å². The highest BCUT2D eigenvalue weighted by atomic mass is 32.2. The zero-order valence-corrected chi connectivity index (χ0v) is 17.9. The van der Waals surface area contributed by atoms with Gasteiger partial charge in [-0.1, -0.05) is 24.3 Å². The minimum atomic E-state index is -3.88. The second kappa shape index (κ2) is 7.99. The van der Waals surface area contributed by atoms with E-state index in [1.165, 1.54) is 41.6 Å². The van der Waals surface area contributed by atoms with E-state index in [0.717, 1.165) is 10.8 Å². The summed E-state index contributed by atoms with van der Waals surface area (Å²) in [5, 5.41) is 4.48. The number of hydrogen-bond donors (Lipinski definition) is 2. The molecular weight excluding hydrogens is 442 g/mol. The van der Waals surface area contributed by atoms with Gasteiger partial charge in [0.1, 0.15) is 6.54 Å². The molecule has 1 aliphatic rings. The van der Waals surface area contributed by atoms with Gasteiger partial charge in [-0.25, -0.2) is 23.1 Å². The van der Waals surface area contributed by atoms with Crippen molar-refractivity contribution >= 4 is 49.9 Å². The molecule has 1 aliphatic heterocycles. The highest BCUT2D eigenvalue weighted by molar-refractivity contribution is 7.92. The van der Waals surface area contributed by atoms with Crippen LogP contribution in [0.15, 0.2) is 84.0 Å². The molecule has 9 nitrogen and oxygen atoms in total. The fraction of sp³-hybridized carbons (Fsp3) is 0.0435. The first-order valence-corrected chi connectivity index (χ1v) is 11.4. The summed E-state index contributed by atoms with van der Waals surface area (Å²) >= 11 is 0. The standard InChI is InChI=1S/C23H17N5O4S/c29-20(14-28-19-7-2-5-15-4-1-6-18(21(15)19)22(28)30)26-16-8-10-17(11-9-16)33(31,32)27-23-24-12-3-13-25-23/h1-13H,14H2,(H,26,29)(H,24,25,27). The van der Waals surface area contributed by atoms with Crippen molar-refractivity contribution in [2.75, 3.05) is 21.5 Å². The molecule has 1 aromatic heterocycles. The van der Waals surface area contributed by atoms with Crippen molar-refractivity contribution in [3.63, 3.8) is 0 Å². The lowest BCUT2D eigenvalue weighted by Gasteiger charge is -2.17. The molecular formula is C23H17N5O4S. The number of amides is 2. The molecule has 0 aliphatic carbocycles. The van der Waals surface area contributed by atoms with E-state index in [0.29, 0.717) is 16.9 Å². The molecule has 0 fully saturated rings. The third kappa shape index (κ3) is 3.87. The van der Waals surface area contributed by atoms with Gasteiger partial charge in [0.05, 0.1) is 10.6 Å². The number of nitrogens with one attached hydrogen (secondary N) is 2. The summed E-state index contributed by atoms with van der Waals surface area (Å²) < 4.78 is 27.2. The first-order chi connectivity index (χ1) is 15.9. The molecule has 2 N–H and O–H groups in total. The van der Waals surface area contributed by atoms with Gasteiger partial charge in [-0.05, 0) is 47.9 Å². The van der Waals surface area contributed by atoms with Crippen LogP contribution < -0.4 is 14.9 Å². The van der Waals surface area contributed by atoms with Crippen LogP contribution in [0, 0.1) is 0 Å². The summed E-state index contributed by atoms with van der Waals surface area (Å²) in [6.07, 6.45) is 2.85. The van der Waals surface area contributed by atoms with E-state index in [1.54, 1.807) is 12.1 Å². The minimum absolute atomic E-state index is 0.00944. The quantitative estimate of drug-likeness (QED) is 0.457. The molecule has 33 heavy (non-hydrogen) atoms. The van der Waals surface area contributed by atoms with Crippen LogP contribution in [0.25, 0.3) is 10.8 Å². The molecule has 0 saturated heterocycles. The maximum Gasteiger partial charge on any atom is 0.264 e. The average Bonchev–Trinajstić information content (AvgIpc) is 3.08. The molecule has 2 amide bonds. The topological polar surface area (TPSA) is 121 Å². The highest BCUT2D eigenvalue weighted by Gasteiger charge is 2.30. The molecule has 10 heteroatoms. The average molecular weight is 459 g/mol. The van der Waals surface area contributed by atoms with E-state index >= 15 is 0 Å². The normalized spacial score (nSPS) is 12.7. The third-order valence-electron chi connectivity index (χ3n) is 5.19. The van der Waals surface area contributed by atoms with Gasteiger partial charge < -0.3 is 5.32 Å². The van der Waals surface area contributed by atoms with Crippen LogP contribution >= 0.6 is 0 Å². The van der Waals surface area contributed by atoms with Crippen LogP contribution in [0.1, 0.15) is 10.4 Å². The van der Waals surface area contributed by atoms with Gasteiger partial charge in [-0.2, -0.15) is 0 Å². The highest BCUT2D eigenvalue weighted by Crippen LogP contribution is 2.36. The molecule has 2 heterocycles. The molecule has 0 unspecified atom stereocenters. The zero-order chi connectivity index (χ0) is 23.0. The number of sulfonamides is 1. The van der Waals surface area contributed by atoms with Crippen molar-refractivity contribution < 1.29 is 18.0 Å². The van der Waals surface area contributed by atoms with Crippen molar-refractivity contribution in [1.82, 2.24) is 9.97 Å². The summed E-state index contributed by atoms with van der Waals surface area (Å²) in [4.78, 5) is 34.6.